The van der Waals surface area contributed by atoms with E-state index in [9.17, 15) is 0 Å². The Morgan fingerprint density at radius 2 is 2.05 bits per heavy atom. The summed E-state index contributed by atoms with van der Waals surface area (Å²) in [6, 6.07) is 10.8. The van der Waals surface area contributed by atoms with Crippen LogP contribution in [0.1, 0.15) is 31.1 Å². The van der Waals surface area contributed by atoms with E-state index in [1.807, 2.05) is 13.0 Å². The first-order chi connectivity index (χ1) is 9.20. The molecule has 0 bridgehead atoms. The number of aryl methyl sites for hydroxylation is 1. The number of thioether (sulfide) groups is 1. The zero-order valence-corrected chi connectivity index (χ0v) is 12.4. The summed E-state index contributed by atoms with van der Waals surface area (Å²) in [5.74, 6) is 0. The van der Waals surface area contributed by atoms with Crippen LogP contribution in [0.2, 0.25) is 0 Å². The lowest BCUT2D eigenvalue weighted by atomic mass is 10.0. The van der Waals surface area contributed by atoms with E-state index in [4.69, 9.17) is 4.42 Å². The number of hydrogen-bond acceptors (Lipinski definition) is 4. The second-order valence-electron chi connectivity index (χ2n) is 4.52. The van der Waals surface area contributed by atoms with Crippen LogP contribution in [-0.2, 0) is 0 Å². The van der Waals surface area contributed by atoms with Crippen molar-refractivity contribution in [2.45, 2.75) is 37.3 Å². The number of benzene rings is 1. The highest BCUT2D eigenvalue weighted by atomic mass is 32.2. The van der Waals surface area contributed by atoms with Gasteiger partial charge in [0.1, 0.15) is 6.26 Å². The first-order valence-electron chi connectivity index (χ1n) is 6.57. The highest BCUT2D eigenvalue weighted by Gasteiger charge is 2.21. The highest BCUT2D eigenvalue weighted by Crippen LogP contribution is 2.31. The van der Waals surface area contributed by atoms with E-state index in [1.54, 1.807) is 18.0 Å². The molecule has 0 aliphatic rings. The van der Waals surface area contributed by atoms with E-state index in [-0.39, 0.29) is 0 Å². The van der Waals surface area contributed by atoms with Crippen LogP contribution in [0.25, 0.3) is 0 Å². The maximum atomic E-state index is 5.42. The third-order valence-corrected chi connectivity index (χ3v) is 3.97. The fraction of sp³-hybridized carbons (Fsp3) is 0.400. The Kier molecular flexibility index (Phi) is 5.05. The molecule has 1 aromatic heterocycles. The van der Waals surface area contributed by atoms with Crippen molar-refractivity contribution in [2.75, 3.05) is 6.54 Å². The topological polar surface area (TPSA) is 38.1 Å². The molecule has 0 spiro atoms. The Labute approximate surface area is 118 Å². The van der Waals surface area contributed by atoms with Crippen molar-refractivity contribution in [1.82, 2.24) is 10.3 Å². The standard InChI is InChI=1S/C15H20N2OS/c1-4-16-14(13-8-6-5-7-9-13)12(3)19-15-17-11(2)10-18-15/h5-10,12,14,16H,4H2,1-3H3. The number of hydrogen-bond donors (Lipinski definition) is 1. The van der Waals surface area contributed by atoms with E-state index in [1.165, 1.54) is 5.56 Å². The lowest BCUT2D eigenvalue weighted by Gasteiger charge is -2.23. The molecule has 2 atom stereocenters. The predicted molar refractivity (Wildman–Crippen MR) is 79.4 cm³/mol. The van der Waals surface area contributed by atoms with Crippen LogP contribution in [-0.4, -0.2) is 16.8 Å². The smallest absolute Gasteiger partial charge is 0.256 e. The molecule has 1 heterocycles. The van der Waals surface area contributed by atoms with Crippen molar-refractivity contribution in [3.8, 4) is 0 Å². The molecule has 1 aromatic carbocycles. The van der Waals surface area contributed by atoms with Gasteiger partial charge in [-0.05, 0) is 19.0 Å². The lowest BCUT2D eigenvalue weighted by molar-refractivity contribution is 0.450. The van der Waals surface area contributed by atoms with Gasteiger partial charge in [0, 0.05) is 11.3 Å². The summed E-state index contributed by atoms with van der Waals surface area (Å²) in [7, 11) is 0. The average molecular weight is 276 g/mol. The van der Waals surface area contributed by atoms with Crippen LogP contribution in [0.5, 0.6) is 0 Å². The van der Waals surface area contributed by atoms with Crippen molar-refractivity contribution < 1.29 is 4.42 Å². The summed E-state index contributed by atoms with van der Waals surface area (Å²) in [5, 5.41) is 4.62. The second kappa shape index (κ2) is 6.78. The quantitative estimate of drug-likeness (QED) is 0.814. The molecule has 2 unspecified atom stereocenters. The normalized spacial score (nSPS) is 14.3. The summed E-state index contributed by atoms with van der Waals surface area (Å²) in [6.07, 6.45) is 1.69. The zero-order valence-electron chi connectivity index (χ0n) is 11.6. The Hall–Kier alpha value is -1.26. The predicted octanol–water partition coefficient (Wildman–Crippen LogP) is 3.81. The van der Waals surface area contributed by atoms with E-state index >= 15 is 0 Å². The van der Waals surface area contributed by atoms with Crippen molar-refractivity contribution >= 4 is 11.8 Å². The highest BCUT2D eigenvalue weighted by molar-refractivity contribution is 7.99. The summed E-state index contributed by atoms with van der Waals surface area (Å²) in [6.45, 7) is 7.21. The van der Waals surface area contributed by atoms with E-state index in [0.717, 1.165) is 17.5 Å². The van der Waals surface area contributed by atoms with Gasteiger partial charge in [0.05, 0.1) is 5.69 Å². The molecule has 0 saturated heterocycles. The number of oxazole rings is 1. The van der Waals surface area contributed by atoms with Gasteiger partial charge in [0.25, 0.3) is 5.22 Å². The van der Waals surface area contributed by atoms with Gasteiger partial charge in [-0.3, -0.25) is 0 Å². The molecule has 0 aliphatic heterocycles. The SMILES string of the molecule is CCNC(c1ccccc1)C(C)Sc1nc(C)co1. The molecule has 2 rings (SSSR count). The van der Waals surface area contributed by atoms with E-state index in [2.05, 4.69) is 48.4 Å². The molecule has 0 radical (unpaired) electrons. The second-order valence-corrected chi connectivity index (χ2v) is 5.85. The molecular weight excluding hydrogens is 256 g/mol. The van der Waals surface area contributed by atoms with Gasteiger partial charge >= 0.3 is 0 Å². The van der Waals surface area contributed by atoms with Gasteiger partial charge in [0.2, 0.25) is 0 Å². The molecule has 0 fully saturated rings. The van der Waals surface area contributed by atoms with Crippen molar-refractivity contribution in [2.24, 2.45) is 0 Å². The Bertz CT molecular complexity index is 498. The number of nitrogens with one attached hydrogen (secondary N) is 1. The van der Waals surface area contributed by atoms with Crippen molar-refractivity contribution in [1.29, 1.82) is 0 Å². The maximum absolute atomic E-state index is 5.42. The number of nitrogens with zero attached hydrogens (tertiary/aromatic N) is 1. The maximum Gasteiger partial charge on any atom is 0.256 e. The lowest BCUT2D eigenvalue weighted by Crippen LogP contribution is -2.28. The number of rotatable bonds is 6. The van der Waals surface area contributed by atoms with Crippen LogP contribution >= 0.6 is 11.8 Å². The van der Waals surface area contributed by atoms with Crippen molar-refractivity contribution in [3.63, 3.8) is 0 Å². The van der Waals surface area contributed by atoms with Gasteiger partial charge in [-0.2, -0.15) is 0 Å². The van der Waals surface area contributed by atoms with Gasteiger partial charge in [-0.1, -0.05) is 55.9 Å². The van der Waals surface area contributed by atoms with E-state index < -0.39 is 0 Å². The molecule has 2 aromatic rings. The molecule has 4 heteroatoms. The number of aromatic nitrogens is 1. The molecular formula is C15H20N2OS. The summed E-state index contributed by atoms with van der Waals surface area (Å²) >= 11 is 1.67. The molecule has 19 heavy (non-hydrogen) atoms. The minimum absolute atomic E-state index is 0.295. The first-order valence-corrected chi connectivity index (χ1v) is 7.45. The van der Waals surface area contributed by atoms with Crippen LogP contribution in [0.4, 0.5) is 0 Å². The van der Waals surface area contributed by atoms with Gasteiger partial charge in [-0.25, -0.2) is 4.98 Å². The van der Waals surface area contributed by atoms with Gasteiger partial charge in [0.15, 0.2) is 0 Å². The van der Waals surface area contributed by atoms with E-state index in [0.29, 0.717) is 11.3 Å². The zero-order chi connectivity index (χ0) is 13.7. The van der Waals surface area contributed by atoms with Crippen LogP contribution in [0.3, 0.4) is 0 Å². The van der Waals surface area contributed by atoms with Crippen molar-refractivity contribution in [3.05, 3.63) is 47.9 Å². The van der Waals surface area contributed by atoms with Crippen LogP contribution in [0.15, 0.2) is 46.2 Å². The average Bonchev–Trinajstić information content (AvgIpc) is 2.82. The fourth-order valence-corrected chi connectivity index (χ4v) is 3.06. The summed E-state index contributed by atoms with van der Waals surface area (Å²) in [5.41, 5.74) is 2.22. The largest absolute Gasteiger partial charge is 0.440 e. The Morgan fingerprint density at radius 3 is 2.63 bits per heavy atom. The molecule has 0 amide bonds. The minimum atomic E-state index is 0.295. The van der Waals surface area contributed by atoms with Crippen LogP contribution in [0, 0.1) is 6.92 Å². The Morgan fingerprint density at radius 1 is 1.32 bits per heavy atom. The molecule has 1 N–H and O–H groups in total. The summed E-state index contributed by atoms with van der Waals surface area (Å²) < 4.78 is 5.42. The van der Waals surface area contributed by atoms with Gasteiger partial charge in [-0.15, -0.1) is 0 Å². The Balaban J connectivity index is 2.10. The first kappa shape index (κ1) is 14.2. The monoisotopic (exact) mass is 276 g/mol. The molecule has 0 saturated carbocycles. The van der Waals surface area contributed by atoms with Gasteiger partial charge < -0.3 is 9.73 Å². The fourth-order valence-electron chi connectivity index (χ4n) is 2.05. The minimum Gasteiger partial charge on any atom is -0.440 e. The molecule has 102 valence electrons. The van der Waals surface area contributed by atoms with Crippen LogP contribution < -0.4 is 5.32 Å². The third kappa shape index (κ3) is 3.85. The third-order valence-electron chi connectivity index (χ3n) is 2.94. The molecule has 0 aliphatic carbocycles. The molecule has 3 nitrogen and oxygen atoms in total. The summed E-state index contributed by atoms with van der Waals surface area (Å²) in [4.78, 5) is 4.36.